The molecule has 0 aromatic rings. The molecule has 7 N–H and O–H groups in total. The number of rotatable bonds is 6. The molecule has 7 rings (SSSR count). The average molecular weight is 710 g/mol. The van der Waals surface area contributed by atoms with Crippen LogP contribution in [0.4, 0.5) is 0 Å². The summed E-state index contributed by atoms with van der Waals surface area (Å²) in [6.07, 6.45) is -4.15. The van der Waals surface area contributed by atoms with Gasteiger partial charge in [-0.3, -0.25) is 9.69 Å². The summed E-state index contributed by atoms with van der Waals surface area (Å²) in [6, 6.07) is -0.238. The van der Waals surface area contributed by atoms with Gasteiger partial charge >= 0.3 is 11.9 Å². The Hall–Kier alpha value is -1.42. The highest BCUT2D eigenvalue weighted by atomic mass is 16.7. The van der Waals surface area contributed by atoms with Crippen LogP contribution in [0.15, 0.2) is 0 Å². The van der Waals surface area contributed by atoms with E-state index in [9.17, 15) is 45.3 Å². The fraction of sp³-hybridized carbons (Fsp3) is 0.946. The summed E-state index contributed by atoms with van der Waals surface area (Å²) in [5, 5.41) is 83.5. The number of piperidine rings is 2. The lowest BCUT2D eigenvalue weighted by atomic mass is 9.49. The zero-order valence-corrected chi connectivity index (χ0v) is 30.5. The van der Waals surface area contributed by atoms with Crippen LogP contribution >= 0.6 is 0 Å². The van der Waals surface area contributed by atoms with Crippen LogP contribution in [-0.2, 0) is 23.8 Å². The van der Waals surface area contributed by atoms with Gasteiger partial charge in [0.05, 0.1) is 35.4 Å². The summed E-state index contributed by atoms with van der Waals surface area (Å²) in [5.74, 6) is -7.78. The maximum Gasteiger partial charge on any atom is 0.341 e. The van der Waals surface area contributed by atoms with E-state index in [0.717, 1.165) is 26.3 Å². The van der Waals surface area contributed by atoms with Gasteiger partial charge in [-0.1, -0.05) is 27.7 Å². The maximum atomic E-state index is 13.5. The molecule has 7 aliphatic rings. The fourth-order valence-corrected chi connectivity index (χ4v) is 12.5. The highest BCUT2D eigenvalue weighted by molar-refractivity contribution is 5.79. The number of carbonyl (C=O) groups excluding carboxylic acids is 2. The van der Waals surface area contributed by atoms with E-state index in [-0.39, 0.29) is 25.3 Å². The van der Waals surface area contributed by atoms with Crippen LogP contribution in [0.3, 0.4) is 0 Å². The zero-order valence-electron chi connectivity index (χ0n) is 30.5. The molecule has 3 saturated heterocycles. The summed E-state index contributed by atoms with van der Waals surface area (Å²) < 4.78 is 18.7. The SMILES string of the molecule is CC[C@H](C)C(=O)O[C@H]1[C@@H](O)[C@@H]2[C@@H](CN3C[C@H](C)CC[C@H]3[C@]2(C)O)[C@@H]2C[C@@]34O[C@@]5(O)[C@@H](OC(=O)[C@@](C)(O)[C@H](C)O)CC[C@]3(C)[C@H]5C[C@@H](O)[C@@H]4[C@]21O. The van der Waals surface area contributed by atoms with Crippen molar-refractivity contribution in [2.75, 3.05) is 13.1 Å². The van der Waals surface area contributed by atoms with Crippen molar-refractivity contribution in [1.82, 2.24) is 4.90 Å². The predicted molar refractivity (Wildman–Crippen MR) is 176 cm³/mol. The first-order valence-corrected chi connectivity index (χ1v) is 18.9. The van der Waals surface area contributed by atoms with E-state index in [2.05, 4.69) is 11.8 Å². The second-order valence-corrected chi connectivity index (χ2v) is 18.2. The minimum atomic E-state index is -2.25. The molecule has 0 unspecified atom stereocenters. The van der Waals surface area contributed by atoms with Gasteiger partial charge in [-0.2, -0.15) is 0 Å². The molecule has 7 fully saturated rings. The van der Waals surface area contributed by atoms with Crippen LogP contribution in [0, 0.1) is 46.8 Å². The minimum absolute atomic E-state index is 0.0328. The number of aliphatic hydroxyl groups is 7. The molecule has 284 valence electrons. The number of nitrogens with zero attached hydrogens (tertiary/aromatic N) is 1. The van der Waals surface area contributed by atoms with Crippen LogP contribution < -0.4 is 0 Å². The Balaban J connectivity index is 1.34. The molecular weight excluding hydrogens is 650 g/mol. The lowest BCUT2D eigenvalue weighted by Crippen LogP contribution is -2.77. The van der Waals surface area contributed by atoms with Gasteiger partial charge in [-0.25, -0.2) is 4.79 Å². The van der Waals surface area contributed by atoms with Gasteiger partial charge in [0.1, 0.15) is 5.60 Å². The van der Waals surface area contributed by atoms with Gasteiger partial charge < -0.3 is 50.0 Å². The van der Waals surface area contributed by atoms with E-state index in [1.165, 1.54) is 6.92 Å². The topological polar surface area (TPSA) is 207 Å². The Bertz CT molecular complexity index is 1390. The molecule has 3 aliphatic heterocycles. The number of fused-ring (bicyclic) bond motifs is 5. The van der Waals surface area contributed by atoms with Crippen LogP contribution in [0.1, 0.15) is 93.4 Å². The summed E-state index contributed by atoms with van der Waals surface area (Å²) in [6.45, 7) is 13.1. The smallest absolute Gasteiger partial charge is 0.341 e. The Kier molecular flexibility index (Phi) is 8.52. The predicted octanol–water partition coefficient (Wildman–Crippen LogP) is 0.466. The molecular formula is C37H59NO12. The summed E-state index contributed by atoms with van der Waals surface area (Å²) >= 11 is 0. The fourth-order valence-electron chi connectivity index (χ4n) is 12.5. The number of esters is 2. The van der Waals surface area contributed by atoms with Crippen molar-refractivity contribution in [3.63, 3.8) is 0 Å². The van der Waals surface area contributed by atoms with Crippen LogP contribution in [0.5, 0.6) is 0 Å². The van der Waals surface area contributed by atoms with Crippen molar-refractivity contribution < 1.29 is 59.5 Å². The van der Waals surface area contributed by atoms with Gasteiger partial charge in [0.25, 0.3) is 0 Å². The highest BCUT2D eigenvalue weighted by Crippen LogP contribution is 2.77. The molecule has 3 heterocycles. The molecule has 1 spiro atoms. The summed E-state index contributed by atoms with van der Waals surface area (Å²) in [7, 11) is 0. The standard InChI is InChI=1S/C37H59NO12/c1-8-18(3)30(42)49-29-27(41)26-20(16-38-15-17(2)9-10-24(38)34(26,7)45)21-14-35-28(36(21,29)46)22(40)13-23-32(35,5)12-11-25(37(23,47)50-35)48-31(43)33(6,44)19(4)39/h17-29,39-41,44-47H,8-16H2,1-7H3/t17-,18+,19+,20+,21+,22-,23-,24+,25+,26+,27+,28+,29+,32-,33+,34+,35+,36-,37-/m1/s1. The van der Waals surface area contributed by atoms with E-state index in [4.69, 9.17) is 14.2 Å². The monoisotopic (exact) mass is 709 g/mol. The summed E-state index contributed by atoms with van der Waals surface area (Å²) in [5.41, 5.74) is -7.89. The highest BCUT2D eigenvalue weighted by Gasteiger charge is 2.87. The lowest BCUT2D eigenvalue weighted by molar-refractivity contribution is -0.300. The molecule has 50 heavy (non-hydrogen) atoms. The Morgan fingerprint density at radius 1 is 1.06 bits per heavy atom. The van der Waals surface area contributed by atoms with Gasteiger partial charge in [0, 0.05) is 42.3 Å². The van der Waals surface area contributed by atoms with Gasteiger partial charge in [-0.15, -0.1) is 0 Å². The number of ether oxygens (including phenoxy) is 3. The van der Waals surface area contributed by atoms with Crippen molar-refractivity contribution >= 4 is 11.9 Å². The van der Waals surface area contributed by atoms with Crippen molar-refractivity contribution in [1.29, 1.82) is 0 Å². The normalized spacial score (nSPS) is 54.6. The second-order valence-electron chi connectivity index (χ2n) is 18.2. The summed E-state index contributed by atoms with van der Waals surface area (Å²) in [4.78, 5) is 28.9. The molecule has 19 atom stereocenters. The lowest BCUT2D eigenvalue weighted by Gasteiger charge is -2.64. The third-order valence-corrected chi connectivity index (χ3v) is 15.5. The maximum absolute atomic E-state index is 13.5. The molecule has 13 nitrogen and oxygen atoms in total. The van der Waals surface area contributed by atoms with E-state index in [1.807, 2.05) is 13.8 Å². The molecule has 4 saturated carbocycles. The van der Waals surface area contributed by atoms with Crippen LogP contribution in [0.25, 0.3) is 0 Å². The number of hydrogen-bond acceptors (Lipinski definition) is 13. The van der Waals surface area contributed by atoms with Crippen molar-refractivity contribution in [2.24, 2.45) is 46.8 Å². The van der Waals surface area contributed by atoms with E-state index in [1.54, 1.807) is 13.8 Å². The molecule has 0 aromatic heterocycles. The molecule has 0 aromatic carbocycles. The Morgan fingerprint density at radius 3 is 2.38 bits per heavy atom. The number of carbonyl (C=O) groups is 2. The van der Waals surface area contributed by atoms with E-state index < -0.39 is 112 Å². The third kappa shape index (κ3) is 4.57. The molecule has 0 amide bonds. The van der Waals surface area contributed by atoms with Crippen molar-refractivity contribution in [3.8, 4) is 0 Å². The molecule has 0 radical (unpaired) electrons. The van der Waals surface area contributed by atoms with Crippen LogP contribution in [-0.4, -0.2) is 130 Å². The van der Waals surface area contributed by atoms with Gasteiger partial charge in [-0.05, 0) is 83.5 Å². The van der Waals surface area contributed by atoms with Gasteiger partial charge in [0.2, 0.25) is 5.79 Å². The molecule has 4 bridgehead atoms. The average Bonchev–Trinajstić information content (AvgIpc) is 3.31. The van der Waals surface area contributed by atoms with Gasteiger partial charge in [0.15, 0.2) is 17.8 Å². The van der Waals surface area contributed by atoms with E-state index >= 15 is 0 Å². The minimum Gasteiger partial charge on any atom is -0.456 e. The first kappa shape index (κ1) is 36.9. The Morgan fingerprint density at radius 2 is 1.74 bits per heavy atom. The molecule has 4 aliphatic carbocycles. The van der Waals surface area contributed by atoms with E-state index in [0.29, 0.717) is 25.3 Å². The number of hydrogen-bond donors (Lipinski definition) is 7. The third-order valence-electron chi connectivity index (χ3n) is 15.5. The van der Waals surface area contributed by atoms with Crippen molar-refractivity contribution in [3.05, 3.63) is 0 Å². The van der Waals surface area contributed by atoms with Crippen molar-refractivity contribution in [2.45, 2.75) is 158 Å². The van der Waals surface area contributed by atoms with Crippen LogP contribution in [0.2, 0.25) is 0 Å². The number of aliphatic hydroxyl groups excluding tert-OH is 3. The first-order valence-electron chi connectivity index (χ1n) is 18.9. The largest absolute Gasteiger partial charge is 0.456 e. The quantitative estimate of drug-likeness (QED) is 0.188. The first-order chi connectivity index (χ1) is 23.1. The second kappa shape index (κ2) is 11.5. The zero-order chi connectivity index (χ0) is 36.7. The molecule has 13 heteroatoms. The Labute approximate surface area is 294 Å².